The molecule has 0 bridgehead atoms. The summed E-state index contributed by atoms with van der Waals surface area (Å²) in [4.78, 5) is 2.43. The second kappa shape index (κ2) is 7.07. The second-order valence-corrected chi connectivity index (χ2v) is 7.04. The molecule has 1 fully saturated rings. The van der Waals surface area contributed by atoms with Crippen LogP contribution < -0.4 is 15.2 Å². The van der Waals surface area contributed by atoms with Crippen molar-refractivity contribution >= 4 is 11.6 Å². The average Bonchev–Trinajstić information content (AvgIpc) is 2.45. The number of hydrogen-bond acceptors (Lipinski definition) is 4. The van der Waals surface area contributed by atoms with Crippen LogP contribution in [0.2, 0.25) is 5.02 Å². The Morgan fingerprint density at radius 2 is 2.14 bits per heavy atom. The van der Waals surface area contributed by atoms with Crippen LogP contribution in [0.15, 0.2) is 12.1 Å². The van der Waals surface area contributed by atoms with Gasteiger partial charge in [-0.25, -0.2) is 0 Å². The molecule has 0 aromatic heterocycles. The molecule has 0 spiro atoms. The van der Waals surface area contributed by atoms with E-state index in [1.165, 1.54) is 0 Å². The van der Waals surface area contributed by atoms with Gasteiger partial charge in [0, 0.05) is 25.7 Å². The van der Waals surface area contributed by atoms with Gasteiger partial charge in [-0.15, -0.1) is 0 Å². The van der Waals surface area contributed by atoms with Crippen molar-refractivity contribution in [1.29, 1.82) is 0 Å². The van der Waals surface area contributed by atoms with E-state index >= 15 is 0 Å². The van der Waals surface area contributed by atoms with Gasteiger partial charge in [0.25, 0.3) is 0 Å². The summed E-state index contributed by atoms with van der Waals surface area (Å²) in [5.74, 6) is 1.31. The lowest BCUT2D eigenvalue weighted by molar-refractivity contribution is 0.0898. The first-order valence-corrected chi connectivity index (χ1v) is 8.22. The van der Waals surface area contributed by atoms with Crippen LogP contribution in [-0.4, -0.2) is 37.7 Å². The number of nitrogens with zero attached hydrogens (tertiary/aromatic N) is 1. The molecule has 1 aromatic rings. The summed E-state index contributed by atoms with van der Waals surface area (Å²) < 4.78 is 11.0. The fourth-order valence-electron chi connectivity index (χ4n) is 3.03. The Labute approximate surface area is 138 Å². The predicted octanol–water partition coefficient (Wildman–Crippen LogP) is 3.31. The topological polar surface area (TPSA) is 47.7 Å². The van der Waals surface area contributed by atoms with E-state index in [1.54, 1.807) is 7.11 Å². The first kappa shape index (κ1) is 17.4. The Kier molecular flexibility index (Phi) is 5.59. The standard InChI is InChI=1S/C17H27ClN2O2/c1-5-22-16-13(18)8-12(9-14(16)21-4)10-20-7-6-15(19)17(2,3)11-20/h8-9,15H,5-7,10-11,19H2,1-4H3. The molecular weight excluding hydrogens is 300 g/mol. The third-order valence-corrected chi connectivity index (χ3v) is 4.66. The minimum Gasteiger partial charge on any atom is -0.493 e. The van der Waals surface area contributed by atoms with Crippen molar-refractivity contribution in [3.8, 4) is 11.5 Å². The van der Waals surface area contributed by atoms with Crippen molar-refractivity contribution in [2.75, 3.05) is 26.8 Å². The first-order chi connectivity index (χ1) is 10.4. The molecule has 1 aromatic carbocycles. The highest BCUT2D eigenvalue weighted by atomic mass is 35.5. The Morgan fingerprint density at radius 3 is 2.73 bits per heavy atom. The van der Waals surface area contributed by atoms with E-state index in [2.05, 4.69) is 18.7 Å². The molecule has 1 aliphatic heterocycles. The van der Waals surface area contributed by atoms with Gasteiger partial charge < -0.3 is 15.2 Å². The Morgan fingerprint density at radius 1 is 1.41 bits per heavy atom. The summed E-state index contributed by atoms with van der Waals surface area (Å²) >= 11 is 6.35. The van der Waals surface area contributed by atoms with Gasteiger partial charge in [-0.2, -0.15) is 0 Å². The number of rotatable bonds is 5. The first-order valence-electron chi connectivity index (χ1n) is 7.84. The number of methoxy groups -OCH3 is 1. The molecule has 22 heavy (non-hydrogen) atoms. The molecular formula is C17H27ClN2O2. The average molecular weight is 327 g/mol. The smallest absolute Gasteiger partial charge is 0.179 e. The molecule has 1 aliphatic rings. The van der Waals surface area contributed by atoms with Gasteiger partial charge in [0.2, 0.25) is 0 Å². The molecule has 124 valence electrons. The van der Waals surface area contributed by atoms with Crippen molar-refractivity contribution in [3.63, 3.8) is 0 Å². The van der Waals surface area contributed by atoms with Gasteiger partial charge in [0.1, 0.15) is 0 Å². The molecule has 0 amide bonds. The zero-order chi connectivity index (χ0) is 16.3. The van der Waals surface area contributed by atoms with Crippen LogP contribution in [0.25, 0.3) is 0 Å². The highest BCUT2D eigenvalue weighted by molar-refractivity contribution is 6.32. The highest BCUT2D eigenvalue weighted by Crippen LogP contribution is 2.37. The largest absolute Gasteiger partial charge is 0.493 e. The number of halogens is 1. The van der Waals surface area contributed by atoms with Crippen LogP contribution in [0.4, 0.5) is 0 Å². The number of benzene rings is 1. The van der Waals surface area contributed by atoms with Gasteiger partial charge in [-0.1, -0.05) is 25.4 Å². The van der Waals surface area contributed by atoms with E-state index < -0.39 is 0 Å². The van der Waals surface area contributed by atoms with E-state index in [4.69, 9.17) is 26.8 Å². The van der Waals surface area contributed by atoms with Crippen molar-refractivity contribution in [1.82, 2.24) is 4.90 Å². The maximum atomic E-state index is 6.35. The van der Waals surface area contributed by atoms with Crippen LogP contribution in [0.5, 0.6) is 11.5 Å². The summed E-state index contributed by atoms with van der Waals surface area (Å²) in [6.45, 7) is 9.80. The summed E-state index contributed by atoms with van der Waals surface area (Å²) in [7, 11) is 1.64. The second-order valence-electron chi connectivity index (χ2n) is 6.64. The van der Waals surface area contributed by atoms with Crippen molar-refractivity contribution in [2.45, 2.75) is 39.8 Å². The molecule has 2 N–H and O–H groups in total. The van der Waals surface area contributed by atoms with Gasteiger partial charge in [0.05, 0.1) is 18.7 Å². The summed E-state index contributed by atoms with van der Waals surface area (Å²) in [5, 5.41) is 0.601. The molecule has 2 rings (SSSR count). The molecule has 1 heterocycles. The minimum atomic E-state index is 0.136. The quantitative estimate of drug-likeness (QED) is 0.902. The number of likely N-dealkylation sites (tertiary alicyclic amines) is 1. The molecule has 5 heteroatoms. The lowest BCUT2D eigenvalue weighted by Gasteiger charge is -2.42. The van der Waals surface area contributed by atoms with Crippen LogP contribution in [0.3, 0.4) is 0 Å². The number of piperidine rings is 1. The predicted molar refractivity (Wildman–Crippen MR) is 90.8 cm³/mol. The molecule has 0 radical (unpaired) electrons. The number of hydrogen-bond donors (Lipinski definition) is 1. The fraction of sp³-hybridized carbons (Fsp3) is 0.647. The summed E-state index contributed by atoms with van der Waals surface area (Å²) in [6, 6.07) is 4.25. The SMILES string of the molecule is CCOc1c(Cl)cc(CN2CCC(N)C(C)(C)C2)cc1OC. The Hall–Kier alpha value is -0.970. The van der Waals surface area contributed by atoms with Gasteiger partial charge in [-0.05, 0) is 36.5 Å². The van der Waals surface area contributed by atoms with Crippen LogP contribution in [-0.2, 0) is 6.54 Å². The van der Waals surface area contributed by atoms with E-state index in [0.29, 0.717) is 23.1 Å². The Balaban J connectivity index is 2.15. The number of nitrogens with two attached hydrogens (primary N) is 1. The molecule has 0 saturated carbocycles. The lowest BCUT2D eigenvalue weighted by Crippen LogP contribution is -2.52. The van der Waals surface area contributed by atoms with E-state index in [-0.39, 0.29) is 11.5 Å². The maximum absolute atomic E-state index is 6.35. The zero-order valence-corrected chi connectivity index (χ0v) is 14.7. The Bertz CT molecular complexity index is 520. The van der Waals surface area contributed by atoms with Crippen molar-refractivity contribution < 1.29 is 9.47 Å². The fourth-order valence-corrected chi connectivity index (χ4v) is 3.31. The third-order valence-electron chi connectivity index (χ3n) is 4.38. The highest BCUT2D eigenvalue weighted by Gasteiger charge is 2.33. The lowest BCUT2D eigenvalue weighted by atomic mass is 9.79. The van der Waals surface area contributed by atoms with Crippen molar-refractivity contribution in [3.05, 3.63) is 22.7 Å². The molecule has 1 saturated heterocycles. The van der Waals surface area contributed by atoms with Crippen LogP contribution in [0.1, 0.15) is 32.8 Å². The van der Waals surface area contributed by atoms with Gasteiger partial charge in [-0.3, -0.25) is 4.90 Å². The maximum Gasteiger partial charge on any atom is 0.179 e. The monoisotopic (exact) mass is 326 g/mol. The van der Waals surface area contributed by atoms with E-state index in [0.717, 1.165) is 31.6 Å². The summed E-state index contributed by atoms with van der Waals surface area (Å²) in [6.07, 6.45) is 1.02. The van der Waals surface area contributed by atoms with Gasteiger partial charge >= 0.3 is 0 Å². The normalized spacial score (nSPS) is 21.6. The van der Waals surface area contributed by atoms with Crippen molar-refractivity contribution in [2.24, 2.45) is 11.1 Å². The molecule has 4 nitrogen and oxygen atoms in total. The third kappa shape index (κ3) is 3.86. The number of ether oxygens (including phenoxy) is 2. The van der Waals surface area contributed by atoms with Crippen LogP contribution in [0, 0.1) is 5.41 Å². The molecule has 1 atom stereocenters. The van der Waals surface area contributed by atoms with E-state index in [1.807, 2.05) is 19.1 Å². The van der Waals surface area contributed by atoms with Gasteiger partial charge in [0.15, 0.2) is 11.5 Å². The zero-order valence-electron chi connectivity index (χ0n) is 14.0. The minimum absolute atomic E-state index is 0.136. The summed E-state index contributed by atoms with van der Waals surface area (Å²) in [5.41, 5.74) is 7.48. The van der Waals surface area contributed by atoms with E-state index in [9.17, 15) is 0 Å². The molecule has 0 aliphatic carbocycles. The van der Waals surface area contributed by atoms with Crippen LogP contribution >= 0.6 is 11.6 Å². The molecule has 1 unspecified atom stereocenters.